The number of rotatable bonds is 4. The molecule has 0 radical (unpaired) electrons. The zero-order valence-corrected chi connectivity index (χ0v) is 12.3. The lowest BCUT2D eigenvalue weighted by Crippen LogP contribution is -2.26. The van der Waals surface area contributed by atoms with Gasteiger partial charge < -0.3 is 15.2 Å². The lowest BCUT2D eigenvalue weighted by atomic mass is 10.00. The van der Waals surface area contributed by atoms with Gasteiger partial charge in [-0.3, -0.25) is 0 Å². The van der Waals surface area contributed by atoms with E-state index >= 15 is 0 Å². The first kappa shape index (κ1) is 15.0. The van der Waals surface area contributed by atoms with Crippen LogP contribution in [-0.2, 0) is 4.74 Å². The molecule has 0 aromatic heterocycles. The van der Waals surface area contributed by atoms with E-state index < -0.39 is 0 Å². The molecular weight excluding hydrogens is 226 g/mol. The molecule has 3 nitrogen and oxygen atoms in total. The number of hydrogen-bond acceptors (Lipinski definition) is 3. The Bertz CT molecular complexity index is 408. The van der Waals surface area contributed by atoms with Gasteiger partial charge in [0.25, 0.3) is 0 Å². The molecular formula is C15H25NO2. The van der Waals surface area contributed by atoms with E-state index in [0.29, 0.717) is 6.61 Å². The van der Waals surface area contributed by atoms with Crippen LogP contribution < -0.4 is 10.5 Å². The summed E-state index contributed by atoms with van der Waals surface area (Å²) in [6, 6.07) is 3.93. The first-order valence-electron chi connectivity index (χ1n) is 6.30. The van der Waals surface area contributed by atoms with Crippen LogP contribution in [0.3, 0.4) is 0 Å². The van der Waals surface area contributed by atoms with Crippen molar-refractivity contribution >= 4 is 0 Å². The van der Waals surface area contributed by atoms with Gasteiger partial charge in [0, 0.05) is 5.56 Å². The molecule has 18 heavy (non-hydrogen) atoms. The molecule has 0 saturated carbocycles. The summed E-state index contributed by atoms with van der Waals surface area (Å²) in [7, 11) is 1.68. The predicted octanol–water partition coefficient (Wildman–Crippen LogP) is 3.13. The first-order chi connectivity index (χ1) is 8.26. The van der Waals surface area contributed by atoms with E-state index in [1.54, 1.807) is 7.11 Å². The van der Waals surface area contributed by atoms with Crippen LogP contribution in [0.4, 0.5) is 0 Å². The maximum atomic E-state index is 6.19. The van der Waals surface area contributed by atoms with Crippen molar-refractivity contribution in [3.05, 3.63) is 28.8 Å². The normalized spacial score (nSPS) is 13.5. The van der Waals surface area contributed by atoms with Crippen LogP contribution in [0.25, 0.3) is 0 Å². The highest BCUT2D eigenvalue weighted by Crippen LogP contribution is 2.30. The zero-order chi connectivity index (χ0) is 13.9. The highest BCUT2D eigenvalue weighted by atomic mass is 16.5. The van der Waals surface area contributed by atoms with Gasteiger partial charge in [-0.1, -0.05) is 12.1 Å². The van der Waals surface area contributed by atoms with Crippen molar-refractivity contribution in [1.82, 2.24) is 0 Å². The molecule has 0 heterocycles. The van der Waals surface area contributed by atoms with Crippen molar-refractivity contribution < 1.29 is 9.47 Å². The summed E-state index contributed by atoms with van der Waals surface area (Å²) in [6.45, 7) is 10.7. The summed E-state index contributed by atoms with van der Waals surface area (Å²) in [5, 5.41) is 0. The minimum Gasteiger partial charge on any atom is -0.496 e. The van der Waals surface area contributed by atoms with Crippen LogP contribution in [0.5, 0.6) is 5.75 Å². The van der Waals surface area contributed by atoms with Crippen molar-refractivity contribution in [2.24, 2.45) is 5.73 Å². The van der Waals surface area contributed by atoms with Crippen molar-refractivity contribution in [3.63, 3.8) is 0 Å². The number of methoxy groups -OCH3 is 1. The summed E-state index contributed by atoms with van der Waals surface area (Å²) in [4.78, 5) is 0. The maximum absolute atomic E-state index is 6.19. The molecule has 3 heteroatoms. The first-order valence-corrected chi connectivity index (χ1v) is 6.30. The second kappa shape index (κ2) is 5.72. The van der Waals surface area contributed by atoms with E-state index in [0.717, 1.165) is 16.9 Å². The summed E-state index contributed by atoms with van der Waals surface area (Å²) >= 11 is 0. The standard InChI is InChI=1S/C15H25NO2/c1-10-7-8-12(14(17-6)11(10)2)13(16)9-18-15(3,4)5/h7-8,13H,9,16H2,1-6H3. The largest absolute Gasteiger partial charge is 0.496 e. The van der Waals surface area contributed by atoms with Gasteiger partial charge in [-0.25, -0.2) is 0 Å². The molecule has 1 rings (SSSR count). The molecule has 0 spiro atoms. The average Bonchev–Trinajstić information content (AvgIpc) is 2.28. The van der Waals surface area contributed by atoms with Gasteiger partial charge in [0.05, 0.1) is 25.4 Å². The third-order valence-corrected chi connectivity index (χ3v) is 3.01. The molecule has 0 fully saturated rings. The Morgan fingerprint density at radius 2 is 1.83 bits per heavy atom. The number of aryl methyl sites for hydroxylation is 1. The SMILES string of the molecule is COc1c(C(N)COC(C)(C)C)ccc(C)c1C. The Balaban J connectivity index is 2.92. The molecule has 102 valence electrons. The van der Waals surface area contributed by atoms with Gasteiger partial charge in [-0.2, -0.15) is 0 Å². The molecule has 0 saturated heterocycles. The van der Waals surface area contributed by atoms with Gasteiger partial charge in [0.15, 0.2) is 0 Å². The number of hydrogen-bond donors (Lipinski definition) is 1. The smallest absolute Gasteiger partial charge is 0.126 e. The molecule has 1 atom stereocenters. The summed E-state index contributed by atoms with van der Waals surface area (Å²) in [5.41, 5.74) is 9.37. The molecule has 1 unspecified atom stereocenters. The van der Waals surface area contributed by atoms with Crippen LogP contribution in [0.15, 0.2) is 12.1 Å². The van der Waals surface area contributed by atoms with E-state index in [4.69, 9.17) is 15.2 Å². The molecule has 1 aromatic carbocycles. The molecule has 0 aliphatic heterocycles. The van der Waals surface area contributed by atoms with Crippen molar-refractivity contribution in [3.8, 4) is 5.75 Å². The van der Waals surface area contributed by atoms with E-state index in [-0.39, 0.29) is 11.6 Å². The van der Waals surface area contributed by atoms with E-state index in [1.165, 1.54) is 5.56 Å². The second-order valence-corrected chi connectivity index (χ2v) is 5.66. The topological polar surface area (TPSA) is 44.5 Å². The third kappa shape index (κ3) is 3.72. The minimum absolute atomic E-state index is 0.168. The monoisotopic (exact) mass is 251 g/mol. The van der Waals surface area contributed by atoms with Gasteiger partial charge in [-0.05, 0) is 45.7 Å². The molecule has 0 aliphatic rings. The van der Waals surface area contributed by atoms with E-state index in [1.807, 2.05) is 26.8 Å². The third-order valence-electron chi connectivity index (χ3n) is 3.01. The Morgan fingerprint density at radius 3 is 2.33 bits per heavy atom. The number of ether oxygens (including phenoxy) is 2. The zero-order valence-electron chi connectivity index (χ0n) is 12.3. The van der Waals surface area contributed by atoms with Gasteiger partial charge in [0.2, 0.25) is 0 Å². The Hall–Kier alpha value is -1.06. The van der Waals surface area contributed by atoms with Crippen molar-refractivity contribution in [2.75, 3.05) is 13.7 Å². The Labute approximate surface area is 110 Å². The maximum Gasteiger partial charge on any atom is 0.126 e. The van der Waals surface area contributed by atoms with Crippen molar-refractivity contribution in [2.45, 2.75) is 46.3 Å². The fourth-order valence-electron chi connectivity index (χ4n) is 1.80. The van der Waals surface area contributed by atoms with E-state index in [9.17, 15) is 0 Å². The van der Waals surface area contributed by atoms with Crippen LogP contribution in [-0.4, -0.2) is 19.3 Å². The van der Waals surface area contributed by atoms with Crippen LogP contribution in [0.1, 0.15) is 43.5 Å². The number of benzene rings is 1. The minimum atomic E-state index is -0.176. The lowest BCUT2D eigenvalue weighted by Gasteiger charge is -2.24. The van der Waals surface area contributed by atoms with Gasteiger partial charge in [0.1, 0.15) is 5.75 Å². The quantitative estimate of drug-likeness (QED) is 0.894. The molecule has 2 N–H and O–H groups in total. The highest BCUT2D eigenvalue weighted by molar-refractivity contribution is 5.46. The van der Waals surface area contributed by atoms with Gasteiger partial charge in [-0.15, -0.1) is 0 Å². The van der Waals surface area contributed by atoms with Crippen LogP contribution >= 0.6 is 0 Å². The average molecular weight is 251 g/mol. The Kier molecular flexibility index (Phi) is 4.77. The van der Waals surface area contributed by atoms with Crippen LogP contribution in [0, 0.1) is 13.8 Å². The number of nitrogens with two attached hydrogens (primary N) is 1. The molecule has 0 bridgehead atoms. The summed E-state index contributed by atoms with van der Waals surface area (Å²) in [5.74, 6) is 0.875. The fraction of sp³-hybridized carbons (Fsp3) is 0.600. The predicted molar refractivity (Wildman–Crippen MR) is 75.1 cm³/mol. The van der Waals surface area contributed by atoms with Gasteiger partial charge >= 0.3 is 0 Å². The van der Waals surface area contributed by atoms with E-state index in [2.05, 4.69) is 19.9 Å². The molecule has 0 amide bonds. The molecule has 0 aliphatic carbocycles. The second-order valence-electron chi connectivity index (χ2n) is 5.66. The van der Waals surface area contributed by atoms with Crippen LogP contribution in [0.2, 0.25) is 0 Å². The molecule has 1 aromatic rings. The highest BCUT2D eigenvalue weighted by Gasteiger charge is 2.18. The fourth-order valence-corrected chi connectivity index (χ4v) is 1.80. The lowest BCUT2D eigenvalue weighted by molar-refractivity contribution is -0.0104. The Morgan fingerprint density at radius 1 is 1.22 bits per heavy atom. The van der Waals surface area contributed by atoms with Crippen molar-refractivity contribution in [1.29, 1.82) is 0 Å². The summed E-state index contributed by atoms with van der Waals surface area (Å²) < 4.78 is 11.2. The summed E-state index contributed by atoms with van der Waals surface area (Å²) in [6.07, 6.45) is 0.